The quantitative estimate of drug-likeness (QED) is 0.507. The van der Waals surface area contributed by atoms with Crippen LogP contribution in [-0.2, 0) is 6.18 Å². The van der Waals surface area contributed by atoms with Crippen molar-refractivity contribution in [3.63, 3.8) is 0 Å². The predicted octanol–water partition coefficient (Wildman–Crippen LogP) is 5.28. The number of rotatable bonds is 5. The largest absolute Gasteiger partial charge is 0.420 e. The first-order valence-corrected chi connectivity index (χ1v) is 10.5. The summed E-state index contributed by atoms with van der Waals surface area (Å²) in [5.41, 5.74) is 1.58. The zero-order valence-electron chi connectivity index (χ0n) is 15.4. The van der Waals surface area contributed by atoms with Gasteiger partial charge in [-0.05, 0) is 41.8 Å². The summed E-state index contributed by atoms with van der Waals surface area (Å²) in [5, 5.41) is 8.89. The fraction of sp³-hybridized carbons (Fsp3) is 0.300. The Hall–Kier alpha value is -2.03. The lowest BCUT2D eigenvalue weighted by Gasteiger charge is -2.26. The Balaban J connectivity index is 1.35. The first-order chi connectivity index (χ1) is 13.9. The zero-order chi connectivity index (χ0) is 20.4. The second-order valence-corrected chi connectivity index (χ2v) is 8.23. The number of hydrogen-bond donors (Lipinski definition) is 0. The molecule has 4 nitrogen and oxygen atoms in total. The molecular formula is C20H18ClF3N4S. The van der Waals surface area contributed by atoms with Crippen LogP contribution in [0.2, 0.25) is 5.02 Å². The molecule has 0 amide bonds. The van der Waals surface area contributed by atoms with Crippen LogP contribution in [0, 0.1) is 0 Å². The molecule has 1 aromatic carbocycles. The highest BCUT2D eigenvalue weighted by Gasteiger charge is 2.34. The van der Waals surface area contributed by atoms with Crippen molar-refractivity contribution in [1.29, 1.82) is 0 Å². The third kappa shape index (κ3) is 4.60. The molecule has 9 heteroatoms. The Bertz CT molecular complexity index is 1030. The van der Waals surface area contributed by atoms with Gasteiger partial charge in [-0.15, -0.1) is 10.2 Å². The zero-order valence-corrected chi connectivity index (χ0v) is 16.9. The minimum atomic E-state index is -4.45. The number of fused-ring (bicyclic) bond motifs is 1. The molecule has 152 valence electrons. The van der Waals surface area contributed by atoms with Crippen LogP contribution in [0.3, 0.4) is 0 Å². The lowest BCUT2D eigenvalue weighted by atomic mass is 10.00. The highest BCUT2D eigenvalue weighted by molar-refractivity contribution is 7.99. The van der Waals surface area contributed by atoms with Gasteiger partial charge in [0.05, 0.1) is 0 Å². The van der Waals surface area contributed by atoms with E-state index in [4.69, 9.17) is 11.6 Å². The molecule has 0 unspecified atom stereocenters. The summed E-state index contributed by atoms with van der Waals surface area (Å²) in [4.78, 5) is 2.32. The predicted molar refractivity (Wildman–Crippen MR) is 109 cm³/mol. The molecule has 0 N–H and O–H groups in total. The van der Waals surface area contributed by atoms with Crippen molar-refractivity contribution in [3.8, 4) is 0 Å². The number of thioether (sulfide) groups is 1. The van der Waals surface area contributed by atoms with Crippen LogP contribution in [0.25, 0.3) is 11.2 Å². The molecule has 0 atom stereocenters. The second kappa shape index (κ2) is 8.38. The number of nitrogens with zero attached hydrogens (tertiary/aromatic N) is 4. The lowest BCUT2D eigenvalue weighted by molar-refractivity contribution is -0.136. The van der Waals surface area contributed by atoms with Crippen LogP contribution in [0.15, 0.2) is 53.8 Å². The fourth-order valence-corrected chi connectivity index (χ4v) is 4.36. The highest BCUT2D eigenvalue weighted by Crippen LogP contribution is 2.32. The average molecular weight is 439 g/mol. The molecule has 0 saturated carbocycles. The Morgan fingerprint density at radius 2 is 1.90 bits per heavy atom. The summed E-state index contributed by atoms with van der Waals surface area (Å²) in [6.07, 6.45) is 0.295. The third-order valence-electron chi connectivity index (χ3n) is 4.86. The van der Waals surface area contributed by atoms with Gasteiger partial charge in [0.2, 0.25) is 0 Å². The molecule has 3 aromatic rings. The Morgan fingerprint density at radius 3 is 2.59 bits per heavy atom. The fourth-order valence-electron chi connectivity index (χ4n) is 3.32. The van der Waals surface area contributed by atoms with E-state index in [1.54, 1.807) is 6.20 Å². The van der Waals surface area contributed by atoms with E-state index >= 15 is 0 Å². The molecule has 4 rings (SSSR count). The van der Waals surface area contributed by atoms with Gasteiger partial charge in [0, 0.05) is 36.6 Å². The maximum absolute atomic E-state index is 13.1. The van der Waals surface area contributed by atoms with Crippen LogP contribution in [0.1, 0.15) is 17.5 Å². The van der Waals surface area contributed by atoms with Crippen molar-refractivity contribution in [2.75, 3.05) is 25.4 Å². The molecule has 0 aliphatic carbocycles. The molecule has 0 spiro atoms. The van der Waals surface area contributed by atoms with Gasteiger partial charge in [0.15, 0.2) is 10.8 Å². The third-order valence-corrected chi connectivity index (χ3v) is 6.03. The van der Waals surface area contributed by atoms with Crippen LogP contribution >= 0.6 is 23.4 Å². The molecule has 0 radical (unpaired) electrons. The SMILES string of the molecule is FC(F)(F)c1cccn2c(SCCN3CC=C(c4ccc(Cl)cc4)CC3)nnc12. The maximum atomic E-state index is 13.1. The highest BCUT2D eigenvalue weighted by atomic mass is 35.5. The molecule has 29 heavy (non-hydrogen) atoms. The summed E-state index contributed by atoms with van der Waals surface area (Å²) in [7, 11) is 0. The van der Waals surface area contributed by atoms with Crippen molar-refractivity contribution >= 4 is 34.6 Å². The average Bonchev–Trinajstić information content (AvgIpc) is 3.12. The molecule has 1 aliphatic rings. The van der Waals surface area contributed by atoms with E-state index in [0.717, 1.165) is 42.9 Å². The Labute approximate surface area is 175 Å². The molecule has 2 aromatic heterocycles. The van der Waals surface area contributed by atoms with Gasteiger partial charge in [-0.25, -0.2) is 0 Å². The summed E-state index contributed by atoms with van der Waals surface area (Å²) in [5.74, 6) is 0.723. The van der Waals surface area contributed by atoms with Crippen molar-refractivity contribution in [2.24, 2.45) is 0 Å². The second-order valence-electron chi connectivity index (χ2n) is 6.73. The first kappa shape index (κ1) is 20.3. The van der Waals surface area contributed by atoms with Crippen LogP contribution < -0.4 is 0 Å². The number of pyridine rings is 1. The van der Waals surface area contributed by atoms with Crippen LogP contribution in [0.4, 0.5) is 13.2 Å². The number of hydrogen-bond acceptors (Lipinski definition) is 4. The van der Waals surface area contributed by atoms with E-state index in [1.165, 1.54) is 33.4 Å². The van der Waals surface area contributed by atoms with Gasteiger partial charge >= 0.3 is 6.18 Å². The van der Waals surface area contributed by atoms with E-state index < -0.39 is 11.7 Å². The van der Waals surface area contributed by atoms with Gasteiger partial charge in [-0.1, -0.05) is 41.6 Å². The molecular weight excluding hydrogens is 421 g/mol. The van der Waals surface area contributed by atoms with Gasteiger partial charge in [-0.2, -0.15) is 13.2 Å². The minimum absolute atomic E-state index is 0.156. The maximum Gasteiger partial charge on any atom is 0.420 e. The van der Waals surface area contributed by atoms with E-state index in [-0.39, 0.29) is 5.65 Å². The van der Waals surface area contributed by atoms with Crippen LogP contribution in [0.5, 0.6) is 0 Å². The summed E-state index contributed by atoms with van der Waals surface area (Å²) >= 11 is 7.36. The molecule has 0 bridgehead atoms. The van der Waals surface area contributed by atoms with Crippen molar-refractivity contribution in [3.05, 3.63) is 64.8 Å². The molecule has 3 heterocycles. The number of alkyl halides is 3. The van der Waals surface area contributed by atoms with Gasteiger partial charge in [0.1, 0.15) is 5.56 Å². The molecule has 0 saturated heterocycles. The van der Waals surface area contributed by atoms with Crippen molar-refractivity contribution < 1.29 is 13.2 Å². The van der Waals surface area contributed by atoms with Crippen molar-refractivity contribution in [1.82, 2.24) is 19.5 Å². The number of benzene rings is 1. The van der Waals surface area contributed by atoms with E-state index in [0.29, 0.717) is 5.16 Å². The molecule has 0 fully saturated rings. The van der Waals surface area contributed by atoms with Crippen molar-refractivity contribution in [2.45, 2.75) is 17.8 Å². The lowest BCUT2D eigenvalue weighted by Crippen LogP contribution is -2.30. The summed E-state index contributed by atoms with van der Waals surface area (Å²) < 4.78 is 40.7. The monoisotopic (exact) mass is 438 g/mol. The normalized spacial score (nSPS) is 15.7. The summed E-state index contributed by atoms with van der Waals surface area (Å²) in [6.45, 7) is 2.61. The van der Waals surface area contributed by atoms with Gasteiger partial charge < -0.3 is 0 Å². The Kier molecular flexibility index (Phi) is 5.85. The van der Waals surface area contributed by atoms with E-state index in [2.05, 4.69) is 21.2 Å². The van der Waals surface area contributed by atoms with Crippen LogP contribution in [-0.4, -0.2) is 44.9 Å². The molecule has 1 aliphatic heterocycles. The van der Waals surface area contributed by atoms with Gasteiger partial charge in [0.25, 0.3) is 0 Å². The standard InChI is InChI=1S/C20H18ClF3N4S/c21-16-5-3-14(4-6-16)15-7-10-27(11-8-15)12-13-29-19-26-25-18-17(20(22,23)24)2-1-9-28(18)19/h1-7,9H,8,10-13H2. The smallest absolute Gasteiger partial charge is 0.299 e. The topological polar surface area (TPSA) is 33.4 Å². The first-order valence-electron chi connectivity index (χ1n) is 9.13. The number of aromatic nitrogens is 3. The Morgan fingerprint density at radius 1 is 1.10 bits per heavy atom. The van der Waals surface area contributed by atoms with E-state index in [9.17, 15) is 13.2 Å². The summed E-state index contributed by atoms with van der Waals surface area (Å²) in [6, 6.07) is 10.3. The van der Waals surface area contributed by atoms with E-state index in [1.807, 2.05) is 24.3 Å². The van der Waals surface area contributed by atoms with Gasteiger partial charge in [-0.3, -0.25) is 9.30 Å². The minimum Gasteiger partial charge on any atom is -0.299 e. The number of halogens is 4.